The molecule has 0 saturated heterocycles. The van der Waals surface area contributed by atoms with Crippen LogP contribution in [-0.2, 0) is 14.4 Å². The molecular weight excluding hydrogens is 287 g/mol. The SMILES string of the molecule is [N-]=[N+]=CC(=O)CCC(NC(=O)C(O)C(F)(F)F)C(=O)O. The fourth-order valence-corrected chi connectivity index (χ4v) is 1.07. The molecule has 0 aliphatic heterocycles. The van der Waals surface area contributed by atoms with Gasteiger partial charge in [0.15, 0.2) is 0 Å². The van der Waals surface area contributed by atoms with Gasteiger partial charge in [-0.3, -0.25) is 9.59 Å². The van der Waals surface area contributed by atoms with Gasteiger partial charge >= 0.3 is 18.4 Å². The first-order valence-corrected chi connectivity index (χ1v) is 5.07. The van der Waals surface area contributed by atoms with Gasteiger partial charge in [0, 0.05) is 6.42 Å². The minimum atomic E-state index is -5.23. The molecule has 0 spiro atoms. The van der Waals surface area contributed by atoms with Crippen LogP contribution in [0.2, 0.25) is 0 Å². The molecule has 0 aliphatic rings. The highest BCUT2D eigenvalue weighted by atomic mass is 19.4. The lowest BCUT2D eigenvalue weighted by Gasteiger charge is -2.18. The van der Waals surface area contributed by atoms with E-state index >= 15 is 0 Å². The van der Waals surface area contributed by atoms with E-state index in [-0.39, 0.29) is 0 Å². The van der Waals surface area contributed by atoms with E-state index in [4.69, 9.17) is 15.7 Å². The summed E-state index contributed by atoms with van der Waals surface area (Å²) in [7, 11) is 0. The molecule has 0 aliphatic carbocycles. The number of Topliss-reactive ketones (excluding diaryl/α,β-unsaturated/α-hetero) is 1. The predicted octanol–water partition coefficient (Wildman–Crippen LogP) is -0.871. The molecule has 0 bridgehead atoms. The lowest BCUT2D eigenvalue weighted by Crippen LogP contribution is -2.50. The van der Waals surface area contributed by atoms with Crippen LogP contribution in [0.1, 0.15) is 12.8 Å². The molecule has 0 saturated carbocycles. The number of nitrogens with zero attached hydrogens (tertiary/aromatic N) is 2. The standard InChI is InChI=1S/C9H10F3N3O5/c10-9(11,12)6(17)7(18)15-5(8(19)20)2-1-4(16)3-14-13/h3,5-6,17H,1-2H2,(H,15,18)(H,19,20). The number of hydrogen-bond acceptors (Lipinski definition) is 4. The number of carboxylic acid groups (broad SMARTS) is 1. The van der Waals surface area contributed by atoms with Gasteiger partial charge in [-0.2, -0.15) is 18.0 Å². The van der Waals surface area contributed by atoms with E-state index in [9.17, 15) is 27.6 Å². The van der Waals surface area contributed by atoms with E-state index in [1.807, 2.05) is 0 Å². The molecule has 3 N–H and O–H groups in total. The van der Waals surface area contributed by atoms with Crippen molar-refractivity contribution in [3.63, 3.8) is 0 Å². The molecule has 0 aromatic heterocycles. The zero-order chi connectivity index (χ0) is 15.9. The van der Waals surface area contributed by atoms with Crippen LogP contribution in [0.15, 0.2) is 0 Å². The van der Waals surface area contributed by atoms with Gasteiger partial charge in [0.1, 0.15) is 6.04 Å². The summed E-state index contributed by atoms with van der Waals surface area (Å²) >= 11 is 0. The quantitative estimate of drug-likeness (QED) is 0.318. The molecule has 0 radical (unpaired) electrons. The zero-order valence-electron chi connectivity index (χ0n) is 9.79. The van der Waals surface area contributed by atoms with Crippen LogP contribution in [0.5, 0.6) is 0 Å². The fourth-order valence-electron chi connectivity index (χ4n) is 1.07. The number of aliphatic hydroxyl groups is 1. The molecule has 2 unspecified atom stereocenters. The van der Waals surface area contributed by atoms with E-state index in [2.05, 4.69) is 4.79 Å². The summed E-state index contributed by atoms with van der Waals surface area (Å²) in [4.78, 5) is 35.0. The van der Waals surface area contributed by atoms with Gasteiger partial charge in [0.2, 0.25) is 11.9 Å². The van der Waals surface area contributed by atoms with Gasteiger partial charge in [-0.05, 0) is 6.42 Å². The van der Waals surface area contributed by atoms with Crippen LogP contribution in [0, 0.1) is 0 Å². The van der Waals surface area contributed by atoms with Crippen molar-refractivity contribution in [2.75, 3.05) is 0 Å². The Morgan fingerprint density at radius 2 is 1.90 bits per heavy atom. The maximum atomic E-state index is 12.0. The monoisotopic (exact) mass is 297 g/mol. The van der Waals surface area contributed by atoms with Gasteiger partial charge in [-0.15, -0.1) is 0 Å². The van der Waals surface area contributed by atoms with Crippen LogP contribution >= 0.6 is 0 Å². The van der Waals surface area contributed by atoms with Crippen molar-refractivity contribution in [2.45, 2.75) is 31.2 Å². The Labute approximate surface area is 109 Å². The van der Waals surface area contributed by atoms with Crippen molar-refractivity contribution in [3.8, 4) is 0 Å². The number of hydrogen-bond donors (Lipinski definition) is 3. The maximum absolute atomic E-state index is 12.0. The Balaban J connectivity index is 4.64. The topological polar surface area (TPSA) is 140 Å². The molecule has 8 nitrogen and oxygen atoms in total. The van der Waals surface area contributed by atoms with Crippen LogP contribution in [0.3, 0.4) is 0 Å². The van der Waals surface area contributed by atoms with Crippen molar-refractivity contribution in [1.29, 1.82) is 0 Å². The van der Waals surface area contributed by atoms with E-state index in [0.717, 1.165) is 0 Å². The number of halogens is 3. The lowest BCUT2D eigenvalue weighted by molar-refractivity contribution is -0.205. The summed E-state index contributed by atoms with van der Waals surface area (Å²) < 4.78 is 36.0. The third-order valence-corrected chi connectivity index (χ3v) is 2.05. The maximum Gasteiger partial charge on any atom is 0.423 e. The number of amides is 1. The van der Waals surface area contributed by atoms with Crippen molar-refractivity contribution in [1.82, 2.24) is 5.32 Å². The first kappa shape index (κ1) is 17.7. The summed E-state index contributed by atoms with van der Waals surface area (Å²) in [6, 6.07) is -1.80. The summed E-state index contributed by atoms with van der Waals surface area (Å²) in [6.45, 7) is 0. The molecular formula is C9H10F3N3O5. The van der Waals surface area contributed by atoms with Gasteiger partial charge in [0.25, 0.3) is 5.91 Å². The number of aliphatic carboxylic acids is 1. The lowest BCUT2D eigenvalue weighted by atomic mass is 10.1. The van der Waals surface area contributed by atoms with Crippen molar-refractivity contribution < 1.29 is 42.6 Å². The number of rotatable bonds is 7. The molecule has 0 aromatic rings. The third-order valence-electron chi connectivity index (χ3n) is 2.05. The van der Waals surface area contributed by atoms with E-state index in [1.54, 1.807) is 0 Å². The summed E-state index contributed by atoms with van der Waals surface area (Å²) in [5, 5.41) is 18.7. The van der Waals surface area contributed by atoms with E-state index in [1.165, 1.54) is 5.32 Å². The molecule has 2 atom stereocenters. The molecule has 0 fully saturated rings. The average molecular weight is 297 g/mol. The largest absolute Gasteiger partial charge is 0.480 e. The number of alkyl halides is 3. The molecule has 0 aromatic carbocycles. The van der Waals surface area contributed by atoms with E-state index in [0.29, 0.717) is 6.21 Å². The number of nitrogens with one attached hydrogen (secondary N) is 1. The predicted molar refractivity (Wildman–Crippen MR) is 55.6 cm³/mol. The molecule has 1 amide bonds. The van der Waals surface area contributed by atoms with Crippen LogP contribution in [-0.4, -0.2) is 57.2 Å². The number of aliphatic hydroxyl groups excluding tert-OH is 1. The second kappa shape index (κ2) is 7.36. The zero-order valence-corrected chi connectivity index (χ0v) is 9.79. The first-order chi connectivity index (χ1) is 9.09. The van der Waals surface area contributed by atoms with Gasteiger partial charge in [-0.25, -0.2) is 4.79 Å². The summed E-state index contributed by atoms with van der Waals surface area (Å²) in [5.74, 6) is -4.40. The fraction of sp³-hybridized carbons (Fsp3) is 0.556. The van der Waals surface area contributed by atoms with E-state index < -0.39 is 48.8 Å². The van der Waals surface area contributed by atoms with Gasteiger partial charge in [0.05, 0.1) is 0 Å². The molecule has 11 heteroatoms. The first-order valence-electron chi connectivity index (χ1n) is 5.07. The second-order valence-electron chi connectivity index (χ2n) is 3.59. The number of carbonyl (C=O) groups is 3. The normalized spacial score (nSPS) is 13.8. The molecule has 112 valence electrons. The minimum Gasteiger partial charge on any atom is -0.480 e. The van der Waals surface area contributed by atoms with Crippen LogP contribution in [0.25, 0.3) is 5.53 Å². The van der Waals surface area contributed by atoms with Crippen molar-refractivity contribution in [2.24, 2.45) is 0 Å². The second-order valence-corrected chi connectivity index (χ2v) is 3.59. The highest BCUT2D eigenvalue weighted by molar-refractivity contribution is 6.25. The number of ketones is 1. The molecule has 0 heterocycles. The molecule has 0 rings (SSSR count). The summed E-state index contributed by atoms with van der Waals surface area (Å²) in [6.07, 6.45) is -9.13. The highest BCUT2D eigenvalue weighted by Crippen LogP contribution is 2.20. The highest BCUT2D eigenvalue weighted by Gasteiger charge is 2.44. The van der Waals surface area contributed by atoms with Gasteiger partial charge < -0.3 is 21.1 Å². The Hall–Kier alpha value is -2.26. The minimum absolute atomic E-state index is 0.477. The Morgan fingerprint density at radius 3 is 2.30 bits per heavy atom. The van der Waals surface area contributed by atoms with Crippen molar-refractivity contribution >= 4 is 23.9 Å². The van der Waals surface area contributed by atoms with Crippen LogP contribution < -0.4 is 5.32 Å². The van der Waals surface area contributed by atoms with Crippen molar-refractivity contribution in [3.05, 3.63) is 5.53 Å². The Kier molecular flexibility index (Phi) is 6.53. The Bertz CT molecular complexity index is 445. The Morgan fingerprint density at radius 1 is 1.35 bits per heavy atom. The van der Waals surface area contributed by atoms with Crippen LogP contribution in [0.4, 0.5) is 13.2 Å². The number of carbonyl (C=O) groups excluding carboxylic acids is 2. The smallest absolute Gasteiger partial charge is 0.423 e. The number of carboxylic acids is 1. The average Bonchev–Trinajstić information content (AvgIpc) is 2.31. The summed E-state index contributed by atoms with van der Waals surface area (Å²) in [5.41, 5.74) is 8.02. The molecule has 20 heavy (non-hydrogen) atoms. The van der Waals surface area contributed by atoms with Gasteiger partial charge in [-0.1, -0.05) is 0 Å². The third kappa shape index (κ3) is 6.07.